The van der Waals surface area contributed by atoms with Gasteiger partial charge in [-0.05, 0) is 32.3 Å². The van der Waals surface area contributed by atoms with Crippen molar-refractivity contribution in [3.8, 4) is 0 Å². The summed E-state index contributed by atoms with van der Waals surface area (Å²) < 4.78 is 4.96. The molecular formula is C9H14O2S. The van der Waals surface area contributed by atoms with Gasteiger partial charge in [0.05, 0.1) is 6.10 Å². The molecule has 0 bridgehead atoms. The van der Waals surface area contributed by atoms with Crippen molar-refractivity contribution >= 4 is 18.7 Å². The van der Waals surface area contributed by atoms with Crippen molar-refractivity contribution in [3.05, 3.63) is 12.2 Å². The summed E-state index contributed by atoms with van der Waals surface area (Å²) >= 11 is 3.78. The second-order valence-corrected chi connectivity index (χ2v) is 3.76. The molecule has 2 nitrogen and oxygen atoms in total. The maximum Gasteiger partial charge on any atom is 0.155 e. The van der Waals surface area contributed by atoms with Gasteiger partial charge in [-0.2, -0.15) is 0 Å². The maximum atomic E-state index is 10.9. The highest BCUT2D eigenvalue weighted by atomic mass is 32.1. The monoisotopic (exact) mass is 186 g/mol. The molecule has 0 radical (unpaired) electrons. The summed E-state index contributed by atoms with van der Waals surface area (Å²) in [6.07, 6.45) is 5.09. The van der Waals surface area contributed by atoms with Crippen LogP contribution in [0.5, 0.6) is 0 Å². The van der Waals surface area contributed by atoms with Gasteiger partial charge in [-0.15, -0.1) is 0 Å². The molecule has 0 saturated heterocycles. The molecule has 0 N–H and O–H groups in total. The summed E-state index contributed by atoms with van der Waals surface area (Å²) in [5, 5.41) is 0. The van der Waals surface area contributed by atoms with E-state index in [1.807, 2.05) is 13.0 Å². The molecule has 0 aromatic carbocycles. The van der Waals surface area contributed by atoms with Crippen LogP contribution in [-0.2, 0) is 8.98 Å². The predicted octanol–water partition coefficient (Wildman–Crippen LogP) is 2.16. The van der Waals surface area contributed by atoms with Crippen LogP contribution in [0.1, 0.15) is 26.7 Å². The third kappa shape index (κ3) is 1.90. The first-order chi connectivity index (χ1) is 5.58. The number of rotatable bonds is 2. The Morgan fingerprint density at radius 2 is 2.42 bits per heavy atom. The van der Waals surface area contributed by atoms with Gasteiger partial charge >= 0.3 is 0 Å². The Morgan fingerprint density at radius 3 is 2.83 bits per heavy atom. The lowest BCUT2D eigenvalue weighted by molar-refractivity contribution is -0.115. The average molecular weight is 186 g/mol. The molecule has 1 rings (SSSR count). The molecule has 1 aliphatic rings. The van der Waals surface area contributed by atoms with E-state index in [0.717, 1.165) is 6.42 Å². The van der Waals surface area contributed by atoms with E-state index in [9.17, 15) is 4.79 Å². The van der Waals surface area contributed by atoms with Crippen molar-refractivity contribution < 1.29 is 8.98 Å². The lowest BCUT2D eigenvalue weighted by Crippen LogP contribution is -2.31. The van der Waals surface area contributed by atoms with E-state index in [4.69, 9.17) is 4.18 Å². The Kier molecular flexibility index (Phi) is 2.96. The van der Waals surface area contributed by atoms with Crippen molar-refractivity contribution in [2.24, 2.45) is 5.41 Å². The largest absolute Gasteiger partial charge is 0.315 e. The quantitative estimate of drug-likeness (QED) is 0.528. The van der Waals surface area contributed by atoms with Crippen LogP contribution < -0.4 is 0 Å². The second-order valence-electron chi connectivity index (χ2n) is 3.55. The predicted molar refractivity (Wildman–Crippen MR) is 51.0 cm³/mol. The summed E-state index contributed by atoms with van der Waals surface area (Å²) in [5.74, 6) is 0.207. The number of hydrogen-bond acceptors (Lipinski definition) is 3. The zero-order chi connectivity index (χ0) is 9.19. The van der Waals surface area contributed by atoms with E-state index < -0.39 is 0 Å². The Hall–Kier alpha value is -0.280. The molecule has 68 valence electrons. The summed E-state index contributed by atoms with van der Waals surface area (Å²) in [7, 11) is 0. The van der Waals surface area contributed by atoms with Crippen molar-refractivity contribution in [1.82, 2.24) is 0 Å². The molecular weight excluding hydrogens is 172 g/mol. The van der Waals surface area contributed by atoms with Crippen molar-refractivity contribution in [1.29, 1.82) is 0 Å². The van der Waals surface area contributed by atoms with Crippen LogP contribution in [0.4, 0.5) is 0 Å². The molecule has 0 aromatic rings. The number of allylic oxidation sites excluding steroid dienone is 1. The molecule has 3 heteroatoms. The average Bonchev–Trinajstić information content (AvgIpc) is 2.09. The first-order valence-corrected chi connectivity index (χ1v) is 4.47. The van der Waals surface area contributed by atoms with Gasteiger partial charge < -0.3 is 4.18 Å². The van der Waals surface area contributed by atoms with E-state index >= 15 is 0 Å². The molecule has 0 heterocycles. The van der Waals surface area contributed by atoms with Crippen molar-refractivity contribution in [2.45, 2.75) is 32.8 Å². The number of hydrogen-bond donors (Lipinski definition) is 1. The summed E-state index contributed by atoms with van der Waals surface area (Å²) in [6.45, 7) is 4.05. The van der Waals surface area contributed by atoms with Gasteiger partial charge in [0, 0.05) is 11.8 Å². The van der Waals surface area contributed by atoms with Crippen LogP contribution in [0.25, 0.3) is 0 Å². The Balaban J connectivity index is 2.73. The lowest BCUT2D eigenvalue weighted by Gasteiger charge is -2.32. The first kappa shape index (κ1) is 9.81. The van der Waals surface area contributed by atoms with Gasteiger partial charge in [-0.1, -0.05) is 13.0 Å². The smallest absolute Gasteiger partial charge is 0.155 e. The minimum absolute atomic E-state index is 0.0321. The highest BCUT2D eigenvalue weighted by molar-refractivity contribution is 7.75. The van der Waals surface area contributed by atoms with Gasteiger partial charge in [-0.3, -0.25) is 4.79 Å². The number of ketones is 1. The van der Waals surface area contributed by atoms with Gasteiger partial charge in [0.1, 0.15) is 0 Å². The Morgan fingerprint density at radius 1 is 1.75 bits per heavy atom. The van der Waals surface area contributed by atoms with Crippen molar-refractivity contribution in [3.63, 3.8) is 0 Å². The summed E-state index contributed by atoms with van der Waals surface area (Å²) in [6, 6.07) is 0. The third-order valence-electron chi connectivity index (χ3n) is 2.65. The molecule has 12 heavy (non-hydrogen) atoms. The summed E-state index contributed by atoms with van der Waals surface area (Å²) in [5.41, 5.74) is -0.0321. The zero-order valence-corrected chi connectivity index (χ0v) is 8.30. The van der Waals surface area contributed by atoms with E-state index in [1.165, 1.54) is 0 Å². The van der Waals surface area contributed by atoms with Gasteiger partial charge in [0.15, 0.2) is 5.78 Å². The van der Waals surface area contributed by atoms with Crippen molar-refractivity contribution in [2.75, 3.05) is 0 Å². The molecule has 1 aliphatic carbocycles. The van der Waals surface area contributed by atoms with E-state index in [-0.39, 0.29) is 17.3 Å². The number of carbonyl (C=O) groups excluding carboxylic acids is 1. The highest BCUT2D eigenvalue weighted by Crippen LogP contribution is 2.34. The van der Waals surface area contributed by atoms with Gasteiger partial charge in [0.25, 0.3) is 0 Å². The molecule has 0 amide bonds. The second kappa shape index (κ2) is 3.62. The SMILES string of the molecule is CC(OS)C1(C)C=CC(=O)CC1. The summed E-state index contributed by atoms with van der Waals surface area (Å²) in [4.78, 5) is 10.9. The standard InChI is InChI=1S/C9H14O2S/c1-7(11-12)9(2)5-3-8(10)4-6-9/h3,5,7,12H,4,6H2,1-2H3. The van der Waals surface area contributed by atoms with Crippen LogP contribution in [0.15, 0.2) is 12.2 Å². The molecule has 0 aromatic heterocycles. The molecule has 0 aliphatic heterocycles. The molecule has 0 saturated carbocycles. The van der Waals surface area contributed by atoms with Crippen LogP contribution >= 0.6 is 12.9 Å². The highest BCUT2D eigenvalue weighted by Gasteiger charge is 2.31. The lowest BCUT2D eigenvalue weighted by atomic mass is 9.76. The van der Waals surface area contributed by atoms with Crippen LogP contribution in [0.2, 0.25) is 0 Å². The first-order valence-electron chi connectivity index (χ1n) is 4.11. The minimum atomic E-state index is -0.0321. The zero-order valence-electron chi connectivity index (χ0n) is 7.41. The number of thiol groups is 1. The normalized spacial score (nSPS) is 32.1. The fourth-order valence-electron chi connectivity index (χ4n) is 1.30. The van der Waals surface area contributed by atoms with E-state index in [2.05, 4.69) is 19.8 Å². The maximum absolute atomic E-state index is 10.9. The van der Waals surface area contributed by atoms with Crippen LogP contribution in [0, 0.1) is 5.41 Å². The molecule has 0 spiro atoms. The van der Waals surface area contributed by atoms with Crippen LogP contribution in [-0.4, -0.2) is 11.9 Å². The molecule has 0 fully saturated rings. The topological polar surface area (TPSA) is 26.3 Å². The Labute approximate surface area is 78.6 Å². The molecule has 2 atom stereocenters. The fraction of sp³-hybridized carbons (Fsp3) is 0.667. The minimum Gasteiger partial charge on any atom is -0.315 e. The van der Waals surface area contributed by atoms with Gasteiger partial charge in [0.2, 0.25) is 0 Å². The third-order valence-corrected chi connectivity index (χ3v) is 2.96. The number of carbonyl (C=O) groups is 1. The van der Waals surface area contributed by atoms with Crippen LogP contribution in [0.3, 0.4) is 0 Å². The fourth-order valence-corrected chi connectivity index (χ4v) is 1.54. The Bertz CT molecular complexity index is 213. The van der Waals surface area contributed by atoms with Gasteiger partial charge in [-0.25, -0.2) is 0 Å². The molecule has 2 unspecified atom stereocenters. The van der Waals surface area contributed by atoms with E-state index in [1.54, 1.807) is 6.08 Å². The van der Waals surface area contributed by atoms with E-state index in [0.29, 0.717) is 6.42 Å².